The summed E-state index contributed by atoms with van der Waals surface area (Å²) in [5.74, 6) is 0.983. The summed E-state index contributed by atoms with van der Waals surface area (Å²) in [6.07, 6.45) is 9.01. The van der Waals surface area contributed by atoms with E-state index in [1.54, 1.807) is 7.11 Å². The van der Waals surface area contributed by atoms with Gasteiger partial charge in [0.15, 0.2) is 5.90 Å². The fraction of sp³-hybridized carbons (Fsp3) is 0.900. The van der Waals surface area contributed by atoms with Gasteiger partial charge in [0.25, 0.3) is 0 Å². The Labute approximate surface area is 74.0 Å². The Morgan fingerprint density at radius 2 is 1.92 bits per heavy atom. The van der Waals surface area contributed by atoms with Crippen LogP contribution in [-0.2, 0) is 4.74 Å². The molecule has 0 atom stereocenters. The van der Waals surface area contributed by atoms with Gasteiger partial charge in [-0.25, -0.2) is 4.99 Å². The Kier molecular flexibility index (Phi) is 2.07. The second kappa shape index (κ2) is 3.08. The summed E-state index contributed by atoms with van der Waals surface area (Å²) in [7, 11) is 1.74. The minimum absolute atomic E-state index is 0.309. The Morgan fingerprint density at radius 1 is 1.17 bits per heavy atom. The smallest absolute Gasteiger partial charge is 0.183 e. The first-order chi connectivity index (χ1) is 5.85. The van der Waals surface area contributed by atoms with Crippen LogP contribution in [0.25, 0.3) is 0 Å². The second-order valence-electron chi connectivity index (χ2n) is 3.99. The topological polar surface area (TPSA) is 21.6 Å². The maximum absolute atomic E-state index is 5.19. The summed E-state index contributed by atoms with van der Waals surface area (Å²) in [6.45, 7) is 0. The molecule has 1 aliphatic heterocycles. The Hall–Kier alpha value is -0.530. The number of hydrogen-bond acceptors (Lipinski definition) is 2. The van der Waals surface area contributed by atoms with Crippen LogP contribution in [0.5, 0.6) is 0 Å². The largest absolute Gasteiger partial charge is 0.484 e. The molecule has 12 heavy (non-hydrogen) atoms. The van der Waals surface area contributed by atoms with E-state index >= 15 is 0 Å². The number of rotatable bonds is 0. The van der Waals surface area contributed by atoms with Gasteiger partial charge < -0.3 is 4.74 Å². The highest BCUT2D eigenvalue weighted by molar-refractivity contribution is 5.78. The predicted molar refractivity (Wildman–Crippen MR) is 49.5 cm³/mol. The van der Waals surface area contributed by atoms with Gasteiger partial charge in [0.2, 0.25) is 0 Å². The maximum Gasteiger partial charge on any atom is 0.183 e. The van der Waals surface area contributed by atoms with Crippen molar-refractivity contribution in [1.82, 2.24) is 0 Å². The third-order valence-corrected chi connectivity index (χ3v) is 3.19. The molecule has 1 heterocycles. The molecule has 2 heteroatoms. The van der Waals surface area contributed by atoms with Crippen molar-refractivity contribution in [3.63, 3.8) is 0 Å². The van der Waals surface area contributed by atoms with Crippen molar-refractivity contribution in [2.24, 2.45) is 4.99 Å². The first kappa shape index (κ1) is 8.09. The van der Waals surface area contributed by atoms with Crippen LogP contribution in [0.3, 0.4) is 0 Å². The van der Waals surface area contributed by atoms with Crippen LogP contribution in [0.2, 0.25) is 0 Å². The average molecular weight is 167 g/mol. The second-order valence-corrected chi connectivity index (χ2v) is 3.99. The molecule has 0 unspecified atom stereocenters. The molecule has 0 aromatic heterocycles. The van der Waals surface area contributed by atoms with E-state index in [1.807, 2.05) is 0 Å². The van der Waals surface area contributed by atoms with Crippen molar-refractivity contribution in [3.05, 3.63) is 0 Å². The number of methoxy groups -OCH3 is 1. The van der Waals surface area contributed by atoms with Gasteiger partial charge in [-0.15, -0.1) is 0 Å². The highest BCUT2D eigenvalue weighted by Crippen LogP contribution is 2.39. The van der Waals surface area contributed by atoms with Gasteiger partial charge in [0, 0.05) is 6.42 Å². The van der Waals surface area contributed by atoms with Crippen LogP contribution >= 0.6 is 0 Å². The molecule has 1 saturated carbocycles. The third-order valence-electron chi connectivity index (χ3n) is 3.19. The molecule has 2 rings (SSSR count). The first-order valence-corrected chi connectivity index (χ1v) is 4.97. The molecular weight excluding hydrogens is 150 g/mol. The molecule has 0 aromatic rings. The fourth-order valence-electron chi connectivity index (χ4n) is 2.44. The monoisotopic (exact) mass is 167 g/mol. The first-order valence-electron chi connectivity index (χ1n) is 4.97. The molecule has 68 valence electrons. The van der Waals surface area contributed by atoms with E-state index < -0.39 is 0 Å². The van der Waals surface area contributed by atoms with E-state index in [0.717, 1.165) is 12.3 Å². The lowest BCUT2D eigenvalue weighted by Gasteiger charge is -2.29. The minimum Gasteiger partial charge on any atom is -0.484 e. The molecule has 0 bridgehead atoms. The summed E-state index contributed by atoms with van der Waals surface area (Å²) in [5, 5.41) is 0. The van der Waals surface area contributed by atoms with Gasteiger partial charge in [-0.05, 0) is 19.3 Å². The van der Waals surface area contributed by atoms with E-state index in [0.29, 0.717) is 5.54 Å². The summed E-state index contributed by atoms with van der Waals surface area (Å²) < 4.78 is 5.19. The molecule has 0 N–H and O–H groups in total. The standard InChI is InChI=1S/C10H17NO/c1-12-9-5-8-10(11-9)6-3-2-4-7-10/h2-8H2,1H3. The van der Waals surface area contributed by atoms with Crippen LogP contribution in [0.1, 0.15) is 44.9 Å². The van der Waals surface area contributed by atoms with Crippen molar-refractivity contribution in [2.75, 3.05) is 7.11 Å². The molecule has 2 nitrogen and oxygen atoms in total. The maximum atomic E-state index is 5.19. The van der Waals surface area contributed by atoms with Gasteiger partial charge in [0.05, 0.1) is 12.6 Å². The van der Waals surface area contributed by atoms with Gasteiger partial charge >= 0.3 is 0 Å². The van der Waals surface area contributed by atoms with Crippen molar-refractivity contribution in [3.8, 4) is 0 Å². The van der Waals surface area contributed by atoms with Crippen LogP contribution in [0.15, 0.2) is 4.99 Å². The minimum atomic E-state index is 0.309. The lowest BCUT2D eigenvalue weighted by Crippen LogP contribution is -2.26. The number of ether oxygens (including phenoxy) is 1. The summed E-state index contributed by atoms with van der Waals surface area (Å²) in [4.78, 5) is 4.69. The van der Waals surface area contributed by atoms with Gasteiger partial charge in [-0.3, -0.25) is 0 Å². The number of aliphatic imine (C=N–C) groups is 1. The lowest BCUT2D eigenvalue weighted by molar-refractivity contribution is 0.298. The van der Waals surface area contributed by atoms with Gasteiger partial charge in [-0.1, -0.05) is 19.3 Å². The number of hydrogen-bond donors (Lipinski definition) is 0. The summed E-state index contributed by atoms with van der Waals surface area (Å²) in [5.41, 5.74) is 0.309. The molecular formula is C10H17NO. The Bertz CT molecular complexity index is 192. The fourth-order valence-corrected chi connectivity index (χ4v) is 2.44. The summed E-state index contributed by atoms with van der Waals surface area (Å²) in [6, 6.07) is 0. The van der Waals surface area contributed by atoms with Crippen molar-refractivity contribution < 1.29 is 4.74 Å². The molecule has 0 radical (unpaired) electrons. The normalized spacial score (nSPS) is 27.2. The van der Waals surface area contributed by atoms with E-state index in [4.69, 9.17) is 9.73 Å². The lowest BCUT2D eigenvalue weighted by atomic mass is 9.81. The van der Waals surface area contributed by atoms with E-state index in [9.17, 15) is 0 Å². The van der Waals surface area contributed by atoms with Crippen LogP contribution in [-0.4, -0.2) is 18.5 Å². The van der Waals surface area contributed by atoms with Crippen LogP contribution < -0.4 is 0 Å². The zero-order valence-electron chi connectivity index (χ0n) is 7.81. The predicted octanol–water partition coefficient (Wildman–Crippen LogP) is 2.53. The highest BCUT2D eigenvalue weighted by atomic mass is 16.5. The summed E-state index contributed by atoms with van der Waals surface area (Å²) >= 11 is 0. The Morgan fingerprint density at radius 3 is 2.50 bits per heavy atom. The molecule has 0 aromatic carbocycles. The van der Waals surface area contributed by atoms with Crippen molar-refractivity contribution in [1.29, 1.82) is 0 Å². The molecule has 0 amide bonds. The average Bonchev–Trinajstić information content (AvgIpc) is 2.50. The van der Waals surface area contributed by atoms with Gasteiger partial charge in [-0.2, -0.15) is 0 Å². The van der Waals surface area contributed by atoms with E-state index in [1.165, 1.54) is 38.5 Å². The van der Waals surface area contributed by atoms with E-state index in [2.05, 4.69) is 0 Å². The number of nitrogens with zero attached hydrogens (tertiary/aromatic N) is 1. The van der Waals surface area contributed by atoms with Crippen molar-refractivity contribution in [2.45, 2.75) is 50.5 Å². The highest BCUT2D eigenvalue weighted by Gasteiger charge is 2.36. The third kappa shape index (κ3) is 1.35. The molecule has 1 spiro atoms. The Balaban J connectivity index is 2.06. The zero-order valence-corrected chi connectivity index (χ0v) is 7.81. The van der Waals surface area contributed by atoms with Gasteiger partial charge in [0.1, 0.15) is 0 Å². The van der Waals surface area contributed by atoms with E-state index in [-0.39, 0.29) is 0 Å². The zero-order chi connectivity index (χ0) is 8.44. The molecule has 1 fully saturated rings. The van der Waals surface area contributed by atoms with Crippen LogP contribution in [0, 0.1) is 0 Å². The van der Waals surface area contributed by atoms with Crippen molar-refractivity contribution >= 4 is 5.90 Å². The molecule has 2 aliphatic rings. The SMILES string of the molecule is COC1=NC2(CCCCC2)CC1. The van der Waals surface area contributed by atoms with Crippen LogP contribution in [0.4, 0.5) is 0 Å². The molecule has 1 aliphatic carbocycles. The molecule has 0 saturated heterocycles. The quantitative estimate of drug-likeness (QED) is 0.543.